The summed E-state index contributed by atoms with van der Waals surface area (Å²) in [4.78, 5) is 35.6. The maximum atomic E-state index is 12.6. The van der Waals surface area contributed by atoms with Crippen LogP contribution >= 0.6 is 11.3 Å². The van der Waals surface area contributed by atoms with Crippen LogP contribution in [0, 0.1) is 0 Å². The minimum Gasteiger partial charge on any atom is -0.459 e. The van der Waals surface area contributed by atoms with Gasteiger partial charge in [0.15, 0.2) is 5.43 Å². The summed E-state index contributed by atoms with van der Waals surface area (Å²) >= 11 is 1.49. The highest BCUT2D eigenvalue weighted by atomic mass is 32.1. The molecule has 0 spiro atoms. The second kappa shape index (κ2) is 7.27. The molecule has 0 saturated carbocycles. The van der Waals surface area contributed by atoms with Crippen molar-refractivity contribution in [1.82, 2.24) is 0 Å². The molecule has 0 atom stereocenters. The molecule has 1 heterocycles. The van der Waals surface area contributed by atoms with Crippen LogP contribution in [0.25, 0.3) is 20.2 Å². The van der Waals surface area contributed by atoms with E-state index >= 15 is 0 Å². The second-order valence-electron chi connectivity index (χ2n) is 5.15. The first-order chi connectivity index (χ1) is 12.1. The summed E-state index contributed by atoms with van der Waals surface area (Å²) in [5.74, 6) is -1.15. The van der Waals surface area contributed by atoms with Crippen LogP contribution in [0.15, 0.2) is 59.9 Å². The van der Waals surface area contributed by atoms with Crippen LogP contribution in [0.2, 0.25) is 0 Å². The Morgan fingerprint density at radius 1 is 1.00 bits per heavy atom. The van der Waals surface area contributed by atoms with Crippen LogP contribution in [0.4, 0.5) is 0 Å². The van der Waals surface area contributed by atoms with Crippen LogP contribution in [-0.2, 0) is 14.3 Å². The summed E-state index contributed by atoms with van der Waals surface area (Å²) < 4.78 is 11.5. The lowest BCUT2D eigenvalue weighted by atomic mass is 10.1. The van der Waals surface area contributed by atoms with Crippen molar-refractivity contribution in [3.8, 4) is 0 Å². The van der Waals surface area contributed by atoms with Crippen LogP contribution in [0.3, 0.4) is 0 Å². The van der Waals surface area contributed by atoms with Gasteiger partial charge < -0.3 is 9.47 Å². The van der Waals surface area contributed by atoms with Gasteiger partial charge in [-0.1, -0.05) is 18.7 Å². The van der Waals surface area contributed by atoms with E-state index in [1.165, 1.54) is 11.3 Å². The molecule has 0 aliphatic heterocycles. The first-order valence-corrected chi connectivity index (χ1v) is 8.34. The number of benzene rings is 2. The van der Waals surface area contributed by atoms with E-state index in [4.69, 9.17) is 9.47 Å². The molecule has 3 aromatic rings. The Labute approximate surface area is 147 Å². The SMILES string of the molecule is C=CC(=O)OCCOC(=O)c1ccc2sc3ccccc3c(=O)c2c1. The van der Waals surface area contributed by atoms with E-state index < -0.39 is 11.9 Å². The molecule has 0 aliphatic carbocycles. The van der Waals surface area contributed by atoms with E-state index in [9.17, 15) is 14.4 Å². The minimum absolute atomic E-state index is 0.0519. The zero-order chi connectivity index (χ0) is 17.8. The second-order valence-corrected chi connectivity index (χ2v) is 6.23. The van der Waals surface area contributed by atoms with Crippen LogP contribution in [0.5, 0.6) is 0 Å². The van der Waals surface area contributed by atoms with E-state index in [0.29, 0.717) is 10.8 Å². The largest absolute Gasteiger partial charge is 0.459 e. The Bertz CT molecular complexity index is 1030. The third-order valence-electron chi connectivity index (χ3n) is 3.54. The van der Waals surface area contributed by atoms with Crippen LogP contribution in [0.1, 0.15) is 10.4 Å². The molecule has 126 valence electrons. The van der Waals surface area contributed by atoms with E-state index in [1.807, 2.05) is 18.2 Å². The molecule has 2 aromatic carbocycles. The van der Waals surface area contributed by atoms with Crippen LogP contribution in [-0.4, -0.2) is 25.2 Å². The molecule has 1 aromatic heterocycles. The molecular formula is C19H14O5S. The topological polar surface area (TPSA) is 69.7 Å². The lowest BCUT2D eigenvalue weighted by Crippen LogP contribution is -2.13. The average molecular weight is 354 g/mol. The molecule has 0 amide bonds. The summed E-state index contributed by atoms with van der Waals surface area (Å²) in [6.07, 6.45) is 1.03. The van der Waals surface area contributed by atoms with Gasteiger partial charge in [-0.25, -0.2) is 9.59 Å². The molecule has 25 heavy (non-hydrogen) atoms. The molecule has 3 rings (SSSR count). The van der Waals surface area contributed by atoms with E-state index in [0.717, 1.165) is 15.5 Å². The summed E-state index contributed by atoms with van der Waals surface area (Å²) in [5, 5.41) is 1.11. The number of fused-ring (bicyclic) bond motifs is 2. The van der Waals surface area contributed by atoms with Gasteiger partial charge in [0.2, 0.25) is 0 Å². The van der Waals surface area contributed by atoms with Crippen molar-refractivity contribution >= 4 is 43.4 Å². The number of hydrogen-bond acceptors (Lipinski definition) is 6. The third kappa shape index (κ3) is 3.59. The van der Waals surface area contributed by atoms with Gasteiger partial charge in [-0.05, 0) is 30.3 Å². The van der Waals surface area contributed by atoms with Gasteiger partial charge >= 0.3 is 11.9 Å². The molecular weight excluding hydrogens is 340 g/mol. The fourth-order valence-electron chi connectivity index (χ4n) is 2.35. The molecule has 0 unspecified atom stereocenters. The normalized spacial score (nSPS) is 10.6. The highest BCUT2D eigenvalue weighted by Crippen LogP contribution is 2.25. The maximum absolute atomic E-state index is 12.6. The summed E-state index contributed by atoms with van der Waals surface area (Å²) in [6, 6.07) is 12.3. The van der Waals surface area contributed by atoms with Gasteiger partial charge in [0.05, 0.1) is 5.56 Å². The maximum Gasteiger partial charge on any atom is 0.338 e. The number of carbonyl (C=O) groups excluding carboxylic acids is 2. The highest BCUT2D eigenvalue weighted by molar-refractivity contribution is 7.24. The van der Waals surface area contributed by atoms with Crippen molar-refractivity contribution in [3.05, 3.63) is 70.9 Å². The van der Waals surface area contributed by atoms with E-state index in [2.05, 4.69) is 6.58 Å². The zero-order valence-electron chi connectivity index (χ0n) is 13.2. The minimum atomic E-state index is -0.578. The van der Waals surface area contributed by atoms with E-state index in [1.54, 1.807) is 24.3 Å². The number of hydrogen-bond donors (Lipinski definition) is 0. The van der Waals surface area contributed by atoms with Gasteiger partial charge in [0, 0.05) is 26.2 Å². The zero-order valence-corrected chi connectivity index (χ0v) is 14.0. The van der Waals surface area contributed by atoms with Gasteiger partial charge in [0.1, 0.15) is 13.2 Å². The quantitative estimate of drug-likeness (QED) is 0.304. The Morgan fingerprint density at radius 2 is 1.72 bits per heavy atom. The van der Waals surface area contributed by atoms with Gasteiger partial charge in [0.25, 0.3) is 0 Å². The summed E-state index contributed by atoms with van der Waals surface area (Å²) in [5.41, 5.74) is 0.168. The predicted octanol–water partition coefficient (Wildman–Crippen LogP) is 3.30. The van der Waals surface area contributed by atoms with Gasteiger partial charge in [-0.2, -0.15) is 0 Å². The monoisotopic (exact) mass is 354 g/mol. The predicted molar refractivity (Wildman–Crippen MR) is 97.0 cm³/mol. The average Bonchev–Trinajstić information content (AvgIpc) is 2.64. The number of carbonyl (C=O) groups is 2. The molecule has 0 bridgehead atoms. The van der Waals surface area contributed by atoms with Crippen molar-refractivity contribution in [1.29, 1.82) is 0 Å². The van der Waals surface area contributed by atoms with Crippen molar-refractivity contribution < 1.29 is 19.1 Å². The molecule has 0 fully saturated rings. The van der Waals surface area contributed by atoms with Gasteiger partial charge in [-0.15, -0.1) is 11.3 Å². The number of rotatable bonds is 5. The first-order valence-electron chi connectivity index (χ1n) is 7.52. The van der Waals surface area contributed by atoms with Crippen molar-refractivity contribution in [2.45, 2.75) is 0 Å². The van der Waals surface area contributed by atoms with E-state index in [-0.39, 0.29) is 24.2 Å². The molecule has 0 saturated heterocycles. The van der Waals surface area contributed by atoms with Crippen molar-refractivity contribution in [2.75, 3.05) is 13.2 Å². The Kier molecular flexibility index (Phi) is 4.90. The fourth-order valence-corrected chi connectivity index (χ4v) is 3.40. The van der Waals surface area contributed by atoms with Crippen LogP contribution < -0.4 is 5.43 Å². The standard InChI is InChI=1S/C19H14O5S/c1-2-17(20)23-9-10-24-19(22)12-7-8-16-14(11-12)18(21)13-5-3-4-6-15(13)25-16/h2-8,11H,1,9-10H2. The Balaban J connectivity index is 1.83. The smallest absolute Gasteiger partial charge is 0.338 e. The number of ether oxygens (including phenoxy) is 2. The Hall–Kier alpha value is -2.99. The molecule has 0 N–H and O–H groups in total. The fraction of sp³-hybridized carbons (Fsp3) is 0.105. The molecule has 5 nitrogen and oxygen atoms in total. The van der Waals surface area contributed by atoms with Crippen molar-refractivity contribution in [3.63, 3.8) is 0 Å². The summed E-state index contributed by atoms with van der Waals surface area (Å²) in [7, 11) is 0. The third-order valence-corrected chi connectivity index (χ3v) is 4.69. The summed E-state index contributed by atoms with van der Waals surface area (Å²) in [6.45, 7) is 3.15. The first kappa shape index (κ1) is 16.9. The van der Waals surface area contributed by atoms with Gasteiger partial charge in [-0.3, -0.25) is 4.79 Å². The highest BCUT2D eigenvalue weighted by Gasteiger charge is 2.11. The molecule has 0 aliphatic rings. The molecule has 6 heteroatoms. The molecule has 0 radical (unpaired) electrons. The lowest BCUT2D eigenvalue weighted by molar-refractivity contribution is -0.138. The lowest BCUT2D eigenvalue weighted by Gasteiger charge is -2.06. The van der Waals surface area contributed by atoms with Crippen molar-refractivity contribution in [2.24, 2.45) is 0 Å². The Morgan fingerprint density at radius 3 is 2.52 bits per heavy atom. The number of esters is 2.